The second-order valence-corrected chi connectivity index (χ2v) is 6.05. The third-order valence-electron chi connectivity index (χ3n) is 3.51. The highest BCUT2D eigenvalue weighted by Crippen LogP contribution is 2.33. The summed E-state index contributed by atoms with van der Waals surface area (Å²) in [6.45, 7) is 4.30. The van der Waals surface area contributed by atoms with Crippen LogP contribution in [0.25, 0.3) is 0 Å². The average Bonchev–Trinajstić information content (AvgIpc) is 2.49. The number of methoxy groups -OCH3 is 2. The monoisotopic (exact) mass is 358 g/mol. The summed E-state index contributed by atoms with van der Waals surface area (Å²) in [5.41, 5.74) is 1.10. The van der Waals surface area contributed by atoms with Crippen molar-refractivity contribution in [2.24, 2.45) is 0 Å². The summed E-state index contributed by atoms with van der Waals surface area (Å²) in [6, 6.07) is 3.96. The van der Waals surface area contributed by atoms with Crippen molar-refractivity contribution in [3.05, 3.63) is 22.2 Å². The number of hydrogen-bond donors (Lipinski definition) is 1. The zero-order valence-electron chi connectivity index (χ0n) is 12.8. The van der Waals surface area contributed by atoms with Crippen molar-refractivity contribution < 1.29 is 14.2 Å². The van der Waals surface area contributed by atoms with Gasteiger partial charge in [0, 0.05) is 31.7 Å². The van der Waals surface area contributed by atoms with Gasteiger partial charge in [-0.25, -0.2) is 0 Å². The summed E-state index contributed by atoms with van der Waals surface area (Å²) in [5, 5.41) is 3.35. The molecule has 0 amide bonds. The van der Waals surface area contributed by atoms with Crippen LogP contribution < -0.4 is 14.8 Å². The lowest BCUT2D eigenvalue weighted by Crippen LogP contribution is -2.44. The van der Waals surface area contributed by atoms with Crippen molar-refractivity contribution in [1.82, 2.24) is 10.2 Å². The van der Waals surface area contributed by atoms with Crippen LogP contribution in [0.3, 0.4) is 0 Å². The van der Waals surface area contributed by atoms with E-state index < -0.39 is 0 Å². The van der Waals surface area contributed by atoms with Crippen molar-refractivity contribution in [2.45, 2.75) is 12.6 Å². The number of halogens is 1. The van der Waals surface area contributed by atoms with Gasteiger partial charge >= 0.3 is 0 Å². The molecule has 0 aliphatic carbocycles. The molecule has 0 radical (unpaired) electrons. The van der Waals surface area contributed by atoms with Gasteiger partial charge in [0.2, 0.25) is 0 Å². The SMILES string of the molecule is COc1cc(CN(C)CC2CNCCO2)c(OC)cc1Br. The Morgan fingerprint density at radius 2 is 2.10 bits per heavy atom. The van der Waals surface area contributed by atoms with Crippen LogP contribution in [-0.4, -0.2) is 58.5 Å². The number of hydrogen-bond acceptors (Lipinski definition) is 5. The summed E-state index contributed by atoms with van der Waals surface area (Å²) >= 11 is 3.48. The largest absolute Gasteiger partial charge is 0.496 e. The third-order valence-corrected chi connectivity index (χ3v) is 4.13. The van der Waals surface area contributed by atoms with Crippen LogP contribution in [0, 0.1) is 0 Å². The van der Waals surface area contributed by atoms with Crippen LogP contribution in [0.2, 0.25) is 0 Å². The number of nitrogens with one attached hydrogen (secondary N) is 1. The molecule has 1 N–H and O–H groups in total. The van der Waals surface area contributed by atoms with E-state index >= 15 is 0 Å². The summed E-state index contributed by atoms with van der Waals surface area (Å²) in [7, 11) is 5.44. The van der Waals surface area contributed by atoms with Crippen LogP contribution in [0.5, 0.6) is 11.5 Å². The number of likely N-dealkylation sites (N-methyl/N-ethyl adjacent to an activating group) is 1. The standard InChI is InChI=1S/C15H23BrN2O3/c1-18(10-12-8-17-4-5-21-12)9-11-6-15(20-3)13(16)7-14(11)19-2/h6-7,12,17H,4-5,8-10H2,1-3H3. The van der Waals surface area contributed by atoms with Gasteiger partial charge in [-0.3, -0.25) is 4.90 Å². The molecule has 1 saturated heterocycles. The summed E-state index contributed by atoms with van der Waals surface area (Å²) < 4.78 is 17.5. The fourth-order valence-corrected chi connectivity index (χ4v) is 2.97. The molecule has 1 aromatic rings. The zero-order chi connectivity index (χ0) is 15.2. The summed E-state index contributed by atoms with van der Waals surface area (Å²) in [6.07, 6.45) is 0.243. The van der Waals surface area contributed by atoms with Gasteiger partial charge in [0.25, 0.3) is 0 Å². The first kappa shape index (κ1) is 16.5. The van der Waals surface area contributed by atoms with E-state index in [0.29, 0.717) is 0 Å². The molecule has 1 unspecified atom stereocenters. The molecular formula is C15H23BrN2O3. The molecule has 1 aliphatic rings. The second kappa shape index (κ2) is 7.98. The molecule has 1 fully saturated rings. The number of nitrogens with zero attached hydrogens (tertiary/aromatic N) is 1. The van der Waals surface area contributed by atoms with Crippen molar-refractivity contribution in [3.8, 4) is 11.5 Å². The van der Waals surface area contributed by atoms with E-state index in [4.69, 9.17) is 14.2 Å². The summed E-state index contributed by atoms with van der Waals surface area (Å²) in [5.74, 6) is 1.67. The Balaban J connectivity index is 2.03. The molecule has 1 heterocycles. The lowest BCUT2D eigenvalue weighted by Gasteiger charge is -2.28. The minimum absolute atomic E-state index is 0.243. The maximum Gasteiger partial charge on any atom is 0.133 e. The van der Waals surface area contributed by atoms with E-state index in [1.165, 1.54) is 0 Å². The predicted octanol–water partition coefficient (Wildman–Crippen LogP) is 1.89. The number of ether oxygens (including phenoxy) is 3. The summed E-state index contributed by atoms with van der Waals surface area (Å²) in [4.78, 5) is 2.24. The van der Waals surface area contributed by atoms with Crippen molar-refractivity contribution in [2.75, 3.05) is 47.5 Å². The van der Waals surface area contributed by atoms with E-state index in [9.17, 15) is 0 Å². The van der Waals surface area contributed by atoms with Gasteiger partial charge in [-0.2, -0.15) is 0 Å². The maximum absolute atomic E-state index is 5.74. The Kier molecular flexibility index (Phi) is 6.29. The maximum atomic E-state index is 5.74. The fraction of sp³-hybridized carbons (Fsp3) is 0.600. The van der Waals surface area contributed by atoms with Crippen LogP contribution in [0.1, 0.15) is 5.56 Å². The van der Waals surface area contributed by atoms with E-state index in [0.717, 1.165) is 54.3 Å². The molecule has 21 heavy (non-hydrogen) atoms. The fourth-order valence-electron chi connectivity index (χ4n) is 2.49. The first-order chi connectivity index (χ1) is 10.1. The third kappa shape index (κ3) is 4.57. The molecule has 1 aromatic carbocycles. The highest BCUT2D eigenvalue weighted by atomic mass is 79.9. The van der Waals surface area contributed by atoms with E-state index in [1.54, 1.807) is 14.2 Å². The Morgan fingerprint density at radius 3 is 2.71 bits per heavy atom. The average molecular weight is 359 g/mol. The first-order valence-electron chi connectivity index (χ1n) is 7.05. The quantitative estimate of drug-likeness (QED) is 0.840. The van der Waals surface area contributed by atoms with Crippen LogP contribution >= 0.6 is 15.9 Å². The first-order valence-corrected chi connectivity index (χ1v) is 7.84. The highest BCUT2D eigenvalue weighted by molar-refractivity contribution is 9.10. The molecule has 0 saturated carbocycles. The molecule has 1 aliphatic heterocycles. The van der Waals surface area contributed by atoms with Crippen molar-refractivity contribution in [3.63, 3.8) is 0 Å². The molecule has 5 nitrogen and oxygen atoms in total. The van der Waals surface area contributed by atoms with Crippen LogP contribution in [-0.2, 0) is 11.3 Å². The highest BCUT2D eigenvalue weighted by Gasteiger charge is 2.17. The topological polar surface area (TPSA) is 43.0 Å². The Labute approximate surface area is 134 Å². The smallest absolute Gasteiger partial charge is 0.133 e. The molecule has 0 aromatic heterocycles. The Morgan fingerprint density at radius 1 is 1.33 bits per heavy atom. The van der Waals surface area contributed by atoms with Gasteiger partial charge in [-0.15, -0.1) is 0 Å². The molecule has 0 spiro atoms. The van der Waals surface area contributed by atoms with Crippen LogP contribution in [0.4, 0.5) is 0 Å². The minimum Gasteiger partial charge on any atom is -0.496 e. The van der Waals surface area contributed by atoms with E-state index in [-0.39, 0.29) is 6.10 Å². The Hall–Kier alpha value is -0.820. The molecule has 1 atom stereocenters. The molecule has 118 valence electrons. The molecule has 0 bridgehead atoms. The van der Waals surface area contributed by atoms with E-state index in [1.807, 2.05) is 12.1 Å². The normalized spacial score (nSPS) is 18.8. The lowest BCUT2D eigenvalue weighted by molar-refractivity contribution is 0.00875. The van der Waals surface area contributed by atoms with Gasteiger partial charge in [0.05, 0.1) is 31.4 Å². The molecular weight excluding hydrogens is 336 g/mol. The van der Waals surface area contributed by atoms with Gasteiger partial charge < -0.3 is 19.5 Å². The van der Waals surface area contributed by atoms with Crippen LogP contribution in [0.15, 0.2) is 16.6 Å². The van der Waals surface area contributed by atoms with Gasteiger partial charge in [0.1, 0.15) is 11.5 Å². The van der Waals surface area contributed by atoms with E-state index in [2.05, 4.69) is 33.2 Å². The second-order valence-electron chi connectivity index (χ2n) is 5.19. The molecule has 2 rings (SSSR count). The number of rotatable bonds is 6. The Bertz CT molecular complexity index is 464. The predicted molar refractivity (Wildman–Crippen MR) is 86.2 cm³/mol. The van der Waals surface area contributed by atoms with Crippen molar-refractivity contribution in [1.29, 1.82) is 0 Å². The lowest BCUT2D eigenvalue weighted by atomic mass is 10.1. The number of benzene rings is 1. The van der Waals surface area contributed by atoms with Crippen molar-refractivity contribution >= 4 is 15.9 Å². The number of morpholine rings is 1. The molecule has 6 heteroatoms. The minimum atomic E-state index is 0.243. The van der Waals surface area contributed by atoms with Gasteiger partial charge in [-0.05, 0) is 35.1 Å². The van der Waals surface area contributed by atoms with Gasteiger partial charge in [0.15, 0.2) is 0 Å². The zero-order valence-corrected chi connectivity index (χ0v) is 14.4. The van der Waals surface area contributed by atoms with Gasteiger partial charge in [-0.1, -0.05) is 0 Å².